The van der Waals surface area contributed by atoms with E-state index in [1.165, 1.54) is 230 Å². The zero-order valence-electron chi connectivity index (χ0n) is 42.0. The largest absolute Gasteiger partial charge is 0.462 e. The van der Waals surface area contributed by atoms with Crippen LogP contribution in [0.5, 0.6) is 0 Å². The van der Waals surface area contributed by atoms with Crippen molar-refractivity contribution in [2.75, 3.05) is 19.8 Å². The maximum Gasteiger partial charge on any atom is 0.338 e. The lowest BCUT2D eigenvalue weighted by molar-refractivity contribution is 0.0494. The summed E-state index contributed by atoms with van der Waals surface area (Å²) in [7, 11) is 0. The molecule has 0 radical (unpaired) electrons. The van der Waals surface area contributed by atoms with Crippen LogP contribution in [-0.4, -0.2) is 37.7 Å². The molecule has 0 saturated heterocycles. The fraction of sp³-hybridized carbons (Fsp3) is 0.842. The number of rotatable bonds is 48. The number of hydrogen-bond acceptors (Lipinski definition) is 6. The molecule has 0 aliphatic heterocycles. The third-order valence-electron chi connectivity index (χ3n) is 12.8. The Morgan fingerprint density at radius 1 is 0.254 bits per heavy atom. The zero-order valence-corrected chi connectivity index (χ0v) is 42.0. The summed E-state index contributed by atoms with van der Waals surface area (Å²) in [5.41, 5.74) is 0.569. The van der Waals surface area contributed by atoms with E-state index in [1.54, 1.807) is 0 Å². The van der Waals surface area contributed by atoms with Gasteiger partial charge in [0.05, 0.1) is 36.5 Å². The lowest BCUT2D eigenvalue weighted by Gasteiger charge is -2.11. The van der Waals surface area contributed by atoms with Crippen molar-refractivity contribution < 1.29 is 28.6 Å². The van der Waals surface area contributed by atoms with Crippen molar-refractivity contribution >= 4 is 17.9 Å². The van der Waals surface area contributed by atoms with Crippen molar-refractivity contribution in [1.82, 2.24) is 0 Å². The first kappa shape index (κ1) is 58.6. The second-order valence-electron chi connectivity index (χ2n) is 19.0. The van der Waals surface area contributed by atoms with Crippen LogP contribution in [0.15, 0.2) is 18.2 Å². The number of esters is 3. The van der Waals surface area contributed by atoms with E-state index in [2.05, 4.69) is 20.8 Å². The van der Waals surface area contributed by atoms with Crippen molar-refractivity contribution in [2.45, 2.75) is 290 Å². The fourth-order valence-corrected chi connectivity index (χ4v) is 8.62. The standard InChI is InChI=1S/C57H102O6/c1-4-7-10-13-16-19-22-25-28-31-34-37-40-43-46-61-55(58)52-49-53(56(59)62-47-44-41-38-35-32-29-26-23-20-17-14-11-8-5-2)51-54(50-52)57(60)63-48-45-42-39-36-33-30-27-24-21-18-15-12-9-6-3/h49-51H,4-48H2,1-3H3. The van der Waals surface area contributed by atoms with Crippen LogP contribution in [0, 0.1) is 0 Å². The topological polar surface area (TPSA) is 78.9 Å². The Morgan fingerprint density at radius 2 is 0.397 bits per heavy atom. The first-order valence-corrected chi connectivity index (χ1v) is 27.7. The summed E-state index contributed by atoms with van der Waals surface area (Å²) in [6, 6.07) is 4.52. The highest BCUT2D eigenvalue weighted by Gasteiger charge is 2.19. The molecule has 366 valence electrons. The highest BCUT2D eigenvalue weighted by molar-refractivity contribution is 6.00. The van der Waals surface area contributed by atoms with Crippen LogP contribution in [0.2, 0.25) is 0 Å². The molecule has 0 saturated carbocycles. The molecule has 0 bridgehead atoms. The van der Waals surface area contributed by atoms with E-state index >= 15 is 0 Å². The molecule has 6 heteroatoms. The van der Waals surface area contributed by atoms with Crippen molar-refractivity contribution in [3.05, 3.63) is 34.9 Å². The Hall–Kier alpha value is -2.37. The van der Waals surface area contributed by atoms with Crippen LogP contribution in [0.4, 0.5) is 0 Å². The Bertz CT molecular complexity index is 1020. The molecule has 0 aromatic heterocycles. The van der Waals surface area contributed by atoms with Gasteiger partial charge in [0, 0.05) is 0 Å². The van der Waals surface area contributed by atoms with Gasteiger partial charge in [0.2, 0.25) is 0 Å². The summed E-state index contributed by atoms with van der Waals surface area (Å²) in [6.45, 7) is 7.78. The first-order chi connectivity index (χ1) is 31.0. The van der Waals surface area contributed by atoms with E-state index in [0.717, 1.165) is 57.8 Å². The van der Waals surface area contributed by atoms with Crippen LogP contribution < -0.4 is 0 Å². The molecule has 0 spiro atoms. The molecule has 0 N–H and O–H groups in total. The number of carbonyl (C=O) groups is 3. The summed E-state index contributed by atoms with van der Waals surface area (Å²) < 4.78 is 16.9. The van der Waals surface area contributed by atoms with Crippen LogP contribution in [0.25, 0.3) is 0 Å². The number of unbranched alkanes of at least 4 members (excludes halogenated alkanes) is 39. The minimum atomic E-state index is -0.521. The number of carbonyl (C=O) groups excluding carboxylic acids is 3. The number of ether oxygens (including phenoxy) is 3. The highest BCUT2D eigenvalue weighted by Crippen LogP contribution is 2.19. The van der Waals surface area contributed by atoms with Crippen molar-refractivity contribution in [3.63, 3.8) is 0 Å². The molecular weight excluding hydrogens is 781 g/mol. The van der Waals surface area contributed by atoms with Crippen molar-refractivity contribution in [2.24, 2.45) is 0 Å². The third kappa shape index (κ3) is 37.5. The fourth-order valence-electron chi connectivity index (χ4n) is 8.62. The van der Waals surface area contributed by atoms with E-state index in [0.29, 0.717) is 19.8 Å². The Labute approximate surface area is 390 Å². The normalized spacial score (nSPS) is 11.3. The smallest absolute Gasteiger partial charge is 0.338 e. The van der Waals surface area contributed by atoms with E-state index in [1.807, 2.05) is 0 Å². The van der Waals surface area contributed by atoms with Crippen LogP contribution in [0.1, 0.15) is 322 Å². The van der Waals surface area contributed by atoms with E-state index < -0.39 is 17.9 Å². The van der Waals surface area contributed by atoms with Crippen LogP contribution >= 0.6 is 0 Å². The van der Waals surface area contributed by atoms with Crippen molar-refractivity contribution in [3.8, 4) is 0 Å². The van der Waals surface area contributed by atoms with Gasteiger partial charge in [-0.05, 0) is 37.5 Å². The lowest BCUT2D eigenvalue weighted by atomic mass is 10.0. The minimum Gasteiger partial charge on any atom is -0.462 e. The summed E-state index contributed by atoms with van der Waals surface area (Å²) in [5.74, 6) is -1.56. The van der Waals surface area contributed by atoms with Gasteiger partial charge in [-0.25, -0.2) is 14.4 Å². The maximum absolute atomic E-state index is 13.2. The van der Waals surface area contributed by atoms with Gasteiger partial charge >= 0.3 is 17.9 Å². The summed E-state index contributed by atoms with van der Waals surface area (Å²) in [5, 5.41) is 0. The summed E-state index contributed by atoms with van der Waals surface area (Å²) in [4.78, 5) is 39.7. The summed E-state index contributed by atoms with van der Waals surface area (Å²) >= 11 is 0. The molecule has 0 heterocycles. The van der Waals surface area contributed by atoms with Crippen LogP contribution in [-0.2, 0) is 14.2 Å². The zero-order chi connectivity index (χ0) is 45.5. The van der Waals surface area contributed by atoms with Gasteiger partial charge < -0.3 is 14.2 Å². The van der Waals surface area contributed by atoms with E-state index in [4.69, 9.17) is 14.2 Å². The molecule has 1 aromatic carbocycles. The average molecular weight is 883 g/mol. The average Bonchev–Trinajstić information content (AvgIpc) is 3.29. The predicted molar refractivity (Wildman–Crippen MR) is 268 cm³/mol. The molecule has 1 aromatic rings. The molecule has 0 aliphatic rings. The molecule has 0 unspecified atom stereocenters. The Morgan fingerprint density at radius 3 is 0.556 bits per heavy atom. The maximum atomic E-state index is 13.2. The van der Waals surface area contributed by atoms with Gasteiger partial charge in [0.1, 0.15) is 0 Å². The molecule has 0 amide bonds. The minimum absolute atomic E-state index is 0.190. The monoisotopic (exact) mass is 883 g/mol. The van der Waals surface area contributed by atoms with Gasteiger partial charge in [0.25, 0.3) is 0 Å². The molecule has 6 nitrogen and oxygen atoms in total. The Balaban J connectivity index is 2.46. The lowest BCUT2D eigenvalue weighted by Crippen LogP contribution is -2.14. The molecule has 0 fully saturated rings. The third-order valence-corrected chi connectivity index (χ3v) is 12.8. The molecule has 63 heavy (non-hydrogen) atoms. The van der Waals surface area contributed by atoms with Crippen molar-refractivity contribution in [1.29, 1.82) is 0 Å². The van der Waals surface area contributed by atoms with Gasteiger partial charge in [-0.3, -0.25) is 0 Å². The quantitative estimate of drug-likeness (QED) is 0.0368. The highest BCUT2D eigenvalue weighted by atomic mass is 16.5. The van der Waals surface area contributed by atoms with E-state index in [-0.39, 0.29) is 16.7 Å². The SMILES string of the molecule is CCCCCCCCCCCCCCCCOC(=O)c1cc(C(=O)OCCCCCCCCCCCCCCCC)cc(C(=O)OCCCCCCCCCCCCCCCC)c1. The second-order valence-corrected chi connectivity index (χ2v) is 19.0. The molecule has 1 rings (SSSR count). The van der Waals surface area contributed by atoms with E-state index in [9.17, 15) is 14.4 Å². The number of hydrogen-bond donors (Lipinski definition) is 0. The van der Waals surface area contributed by atoms with Gasteiger partial charge in [-0.15, -0.1) is 0 Å². The van der Waals surface area contributed by atoms with Gasteiger partial charge in [-0.1, -0.05) is 271 Å². The first-order valence-electron chi connectivity index (χ1n) is 27.7. The summed E-state index contributed by atoms with van der Waals surface area (Å²) in [6.07, 6.45) is 53.1. The van der Waals surface area contributed by atoms with Crippen LogP contribution in [0.3, 0.4) is 0 Å². The number of benzene rings is 1. The molecule has 0 aliphatic carbocycles. The second kappa shape index (κ2) is 46.2. The molecule has 0 atom stereocenters. The van der Waals surface area contributed by atoms with Gasteiger partial charge in [0.15, 0.2) is 0 Å². The van der Waals surface area contributed by atoms with Gasteiger partial charge in [-0.2, -0.15) is 0 Å². The Kier molecular flexibility index (Phi) is 43.0. The molecular formula is C57H102O6. The predicted octanol–water partition coefficient (Wildman–Crippen LogP) is 18.6.